The van der Waals surface area contributed by atoms with Crippen LogP contribution in [-0.4, -0.2) is 44.2 Å². The molecule has 0 aliphatic heterocycles. The highest BCUT2D eigenvalue weighted by molar-refractivity contribution is 5.86. The molecule has 1 radical (unpaired) electrons. The van der Waals surface area contributed by atoms with E-state index in [-0.39, 0.29) is 5.97 Å². The van der Waals surface area contributed by atoms with Crippen molar-refractivity contribution in [1.82, 2.24) is 0 Å². The molecule has 3 heteroatoms. The summed E-state index contributed by atoms with van der Waals surface area (Å²) in [5, 5.41) is 0. The van der Waals surface area contributed by atoms with Gasteiger partial charge in [-0.3, -0.25) is 0 Å². The number of carbonyl (C=O) groups excluding carboxylic acids is 1. The van der Waals surface area contributed by atoms with Gasteiger partial charge in [-0.15, -0.1) is 0 Å². The molecule has 0 rings (SSSR count). The lowest BCUT2D eigenvalue weighted by Gasteiger charge is -2.31. The average Bonchev–Trinajstić information content (AvgIpc) is 2.09. The van der Waals surface area contributed by atoms with Crippen molar-refractivity contribution in [1.29, 1.82) is 0 Å². The van der Waals surface area contributed by atoms with Crippen molar-refractivity contribution in [3.8, 4) is 0 Å². The lowest BCUT2D eigenvalue weighted by Crippen LogP contribution is -2.43. The maximum Gasteiger partial charge on any atom is 0.333 e. The predicted octanol–water partition coefficient (Wildman–Crippen LogP) is 1.79. The van der Waals surface area contributed by atoms with Gasteiger partial charge in [-0.2, -0.15) is 0 Å². The summed E-state index contributed by atoms with van der Waals surface area (Å²) in [7, 11) is 6.33. The molecule has 0 saturated carbocycles. The smallest absolute Gasteiger partial charge is 0.333 e. The number of ether oxygens (including phenoxy) is 1. The first-order chi connectivity index (χ1) is 6.75. The molecular weight excluding hydrogens is 190 g/mol. The van der Waals surface area contributed by atoms with Crippen LogP contribution in [0.15, 0.2) is 12.2 Å². The molecule has 0 saturated heterocycles. The molecule has 0 bridgehead atoms. The number of carbonyl (C=O) groups is 1. The molecule has 0 aliphatic rings. The first-order valence-electron chi connectivity index (χ1n) is 5.22. The van der Waals surface area contributed by atoms with Crippen LogP contribution in [0.25, 0.3) is 0 Å². The highest BCUT2D eigenvalue weighted by Gasteiger charge is 2.17. The van der Waals surface area contributed by atoms with Crippen molar-refractivity contribution in [3.05, 3.63) is 19.1 Å². The fourth-order valence-corrected chi connectivity index (χ4v) is 0.994. The van der Waals surface area contributed by atoms with E-state index in [0.29, 0.717) is 18.2 Å². The second-order valence-electron chi connectivity index (χ2n) is 4.83. The van der Waals surface area contributed by atoms with Crippen LogP contribution in [0, 0.1) is 6.92 Å². The van der Waals surface area contributed by atoms with E-state index in [1.807, 2.05) is 0 Å². The van der Waals surface area contributed by atoms with Gasteiger partial charge in [-0.1, -0.05) is 6.58 Å². The fourth-order valence-electron chi connectivity index (χ4n) is 0.994. The summed E-state index contributed by atoms with van der Waals surface area (Å²) in [4.78, 5) is 11.0. The minimum absolute atomic E-state index is 0.305. The minimum atomic E-state index is -0.305. The molecule has 0 amide bonds. The predicted molar refractivity (Wildman–Crippen MR) is 62.2 cm³/mol. The van der Waals surface area contributed by atoms with Gasteiger partial charge in [0.05, 0.1) is 33.8 Å². The Labute approximate surface area is 93.3 Å². The Bertz CT molecular complexity index is 228. The number of hydrogen-bond donors (Lipinski definition) is 0. The molecule has 87 valence electrons. The summed E-state index contributed by atoms with van der Waals surface area (Å²) >= 11 is 0. The third kappa shape index (κ3) is 6.28. The Kier molecular flexibility index (Phi) is 5.58. The molecule has 15 heavy (non-hydrogen) atoms. The van der Waals surface area contributed by atoms with Crippen molar-refractivity contribution in [3.63, 3.8) is 0 Å². The standard InChI is InChI=1S/C12H23NO2/c1-10(2)12(14)15-9-7-8-11(3)13(4,5)6/h11H,1,3,7-9H2,2,4-6H3/q+1. The zero-order valence-corrected chi connectivity index (χ0v) is 10.4. The largest absolute Gasteiger partial charge is 0.462 e. The summed E-state index contributed by atoms with van der Waals surface area (Å²) in [5.41, 5.74) is 0.452. The topological polar surface area (TPSA) is 26.3 Å². The molecule has 0 N–H and O–H groups in total. The van der Waals surface area contributed by atoms with E-state index in [1.165, 1.54) is 0 Å². The van der Waals surface area contributed by atoms with Crippen molar-refractivity contribution in [2.24, 2.45) is 0 Å². The molecule has 0 spiro atoms. The molecule has 1 unspecified atom stereocenters. The Morgan fingerprint density at radius 1 is 1.40 bits per heavy atom. The number of quaternary nitrogens is 1. The molecule has 0 aliphatic carbocycles. The lowest BCUT2D eigenvalue weighted by molar-refractivity contribution is -0.890. The van der Waals surface area contributed by atoms with Gasteiger partial charge < -0.3 is 9.22 Å². The van der Waals surface area contributed by atoms with Crippen molar-refractivity contribution in [2.45, 2.75) is 25.8 Å². The van der Waals surface area contributed by atoms with Gasteiger partial charge in [0.15, 0.2) is 0 Å². The fraction of sp³-hybridized carbons (Fsp3) is 0.667. The second-order valence-corrected chi connectivity index (χ2v) is 4.83. The monoisotopic (exact) mass is 213 g/mol. The van der Waals surface area contributed by atoms with Gasteiger partial charge in [0.2, 0.25) is 0 Å². The van der Waals surface area contributed by atoms with Crippen LogP contribution < -0.4 is 0 Å². The summed E-state index contributed by atoms with van der Waals surface area (Å²) in [6, 6.07) is 0.327. The van der Waals surface area contributed by atoms with E-state index >= 15 is 0 Å². The average molecular weight is 213 g/mol. The number of rotatable bonds is 6. The Balaban J connectivity index is 3.64. The van der Waals surface area contributed by atoms with E-state index in [2.05, 4.69) is 34.6 Å². The van der Waals surface area contributed by atoms with Gasteiger partial charge in [-0.25, -0.2) is 4.79 Å². The van der Waals surface area contributed by atoms with Crippen LogP contribution in [0.1, 0.15) is 19.8 Å². The Hall–Kier alpha value is -0.830. The van der Waals surface area contributed by atoms with Crippen LogP contribution in [-0.2, 0) is 9.53 Å². The molecule has 0 fully saturated rings. The maximum atomic E-state index is 11.0. The first-order valence-corrected chi connectivity index (χ1v) is 5.22. The van der Waals surface area contributed by atoms with E-state index in [1.54, 1.807) is 6.92 Å². The van der Waals surface area contributed by atoms with E-state index in [9.17, 15) is 4.79 Å². The molecule has 1 atom stereocenters. The van der Waals surface area contributed by atoms with Crippen LogP contribution in [0.4, 0.5) is 0 Å². The van der Waals surface area contributed by atoms with Crippen LogP contribution in [0.5, 0.6) is 0 Å². The van der Waals surface area contributed by atoms with Crippen LogP contribution in [0.2, 0.25) is 0 Å². The SMILES string of the molecule is [CH2]C(CCCOC(=O)C(=C)C)[N+](C)(C)C. The highest BCUT2D eigenvalue weighted by Crippen LogP contribution is 2.08. The number of esters is 1. The molecule has 0 aromatic heterocycles. The van der Waals surface area contributed by atoms with Gasteiger partial charge >= 0.3 is 5.97 Å². The van der Waals surface area contributed by atoms with Crippen molar-refractivity contribution in [2.75, 3.05) is 27.7 Å². The van der Waals surface area contributed by atoms with Crippen molar-refractivity contribution < 1.29 is 14.0 Å². The van der Waals surface area contributed by atoms with E-state index in [4.69, 9.17) is 4.74 Å². The second kappa shape index (κ2) is 5.91. The van der Waals surface area contributed by atoms with Crippen molar-refractivity contribution >= 4 is 5.97 Å². The number of nitrogens with zero attached hydrogens (tertiary/aromatic N) is 1. The summed E-state index contributed by atoms with van der Waals surface area (Å²) in [6.45, 7) is 9.70. The quantitative estimate of drug-likeness (QED) is 0.291. The lowest BCUT2D eigenvalue weighted by atomic mass is 10.1. The van der Waals surface area contributed by atoms with Gasteiger partial charge in [0.1, 0.15) is 0 Å². The van der Waals surface area contributed by atoms with E-state index in [0.717, 1.165) is 17.3 Å². The van der Waals surface area contributed by atoms with Crippen LogP contribution in [0.3, 0.4) is 0 Å². The summed E-state index contributed by atoms with van der Waals surface area (Å²) in [5.74, 6) is -0.305. The molecule has 3 nitrogen and oxygen atoms in total. The molecule has 0 heterocycles. The summed E-state index contributed by atoms with van der Waals surface area (Å²) < 4.78 is 5.82. The third-order valence-corrected chi connectivity index (χ3v) is 2.36. The third-order valence-electron chi connectivity index (χ3n) is 2.36. The maximum absolute atomic E-state index is 11.0. The first kappa shape index (κ1) is 14.2. The van der Waals surface area contributed by atoms with Gasteiger partial charge in [-0.05, 0) is 13.3 Å². The molecule has 0 aromatic carbocycles. The number of hydrogen-bond acceptors (Lipinski definition) is 2. The zero-order chi connectivity index (χ0) is 12.1. The van der Waals surface area contributed by atoms with E-state index < -0.39 is 0 Å². The Morgan fingerprint density at radius 2 is 1.93 bits per heavy atom. The minimum Gasteiger partial charge on any atom is -0.462 e. The zero-order valence-electron chi connectivity index (χ0n) is 10.4. The van der Waals surface area contributed by atoms with Crippen LogP contribution >= 0.6 is 0 Å². The Morgan fingerprint density at radius 3 is 2.33 bits per heavy atom. The van der Waals surface area contributed by atoms with Gasteiger partial charge in [0, 0.05) is 18.9 Å². The summed E-state index contributed by atoms with van der Waals surface area (Å²) in [6.07, 6.45) is 1.80. The van der Waals surface area contributed by atoms with Gasteiger partial charge in [0.25, 0.3) is 0 Å². The molecular formula is C12H23NO2+. The normalized spacial score (nSPS) is 13.4. The molecule has 0 aromatic rings. The highest BCUT2D eigenvalue weighted by atomic mass is 16.5.